The van der Waals surface area contributed by atoms with Crippen LogP contribution in [0.5, 0.6) is 5.75 Å². The lowest BCUT2D eigenvalue weighted by atomic mass is 10.1. The van der Waals surface area contributed by atoms with Crippen LogP contribution in [0.1, 0.15) is 26.2 Å². The van der Waals surface area contributed by atoms with E-state index in [2.05, 4.69) is 5.32 Å². The fraction of sp³-hybridized carbons (Fsp3) is 0.625. The van der Waals surface area contributed by atoms with E-state index in [0.717, 1.165) is 32.4 Å². The molecule has 0 amide bonds. The van der Waals surface area contributed by atoms with E-state index in [0.29, 0.717) is 6.54 Å². The highest BCUT2D eigenvalue weighted by molar-refractivity contribution is 7.89. The molecule has 144 valence electrons. The van der Waals surface area contributed by atoms with Crippen molar-refractivity contribution in [2.24, 2.45) is 0 Å². The molecule has 1 heterocycles. The summed E-state index contributed by atoms with van der Waals surface area (Å²) in [5.74, 6) is 0.234. The third-order valence-corrected chi connectivity index (χ3v) is 5.93. The quantitative estimate of drug-likeness (QED) is 0.731. The number of hydrogen-bond donors (Lipinski definition) is 1. The van der Waals surface area contributed by atoms with E-state index in [9.17, 15) is 17.2 Å². The van der Waals surface area contributed by atoms with Crippen molar-refractivity contribution in [1.82, 2.24) is 9.62 Å². The zero-order chi connectivity index (χ0) is 17.6. The molecule has 2 rings (SSSR count). The van der Waals surface area contributed by atoms with Gasteiger partial charge >= 0.3 is 0 Å². The minimum Gasteiger partial charge on any atom is -0.488 e. The number of benzene rings is 1. The largest absolute Gasteiger partial charge is 0.488 e. The Balaban J connectivity index is 0.00000312. The Kier molecular flexibility index (Phi) is 9.06. The van der Waals surface area contributed by atoms with Crippen molar-refractivity contribution in [3.05, 3.63) is 24.3 Å². The van der Waals surface area contributed by atoms with Gasteiger partial charge in [0, 0.05) is 12.6 Å². The van der Waals surface area contributed by atoms with Gasteiger partial charge in [0.15, 0.2) is 0 Å². The smallest absolute Gasteiger partial charge is 0.272 e. The molecule has 0 saturated carbocycles. The lowest BCUT2D eigenvalue weighted by Crippen LogP contribution is -2.46. The molecule has 0 radical (unpaired) electrons. The van der Waals surface area contributed by atoms with Gasteiger partial charge in [0.05, 0.1) is 4.90 Å². The number of nitrogens with zero attached hydrogens (tertiary/aromatic N) is 1. The summed E-state index contributed by atoms with van der Waals surface area (Å²) in [6.45, 7) is 3.33. The molecule has 0 unspecified atom stereocenters. The average molecular weight is 399 g/mol. The Morgan fingerprint density at radius 1 is 1.24 bits per heavy atom. The second kappa shape index (κ2) is 10.3. The second-order valence-corrected chi connectivity index (χ2v) is 7.66. The molecule has 1 N–H and O–H groups in total. The molecule has 1 aromatic carbocycles. The Hall–Kier alpha value is -0.960. The maximum Gasteiger partial charge on any atom is 0.272 e. The number of nitrogens with one attached hydrogen (secondary N) is 1. The van der Waals surface area contributed by atoms with Gasteiger partial charge in [0.25, 0.3) is 6.43 Å². The first-order chi connectivity index (χ1) is 11.4. The maximum atomic E-state index is 12.9. The van der Waals surface area contributed by atoms with Crippen LogP contribution in [0.2, 0.25) is 0 Å². The molecule has 25 heavy (non-hydrogen) atoms. The molecule has 0 spiro atoms. The summed E-state index contributed by atoms with van der Waals surface area (Å²) in [7, 11) is -3.61. The van der Waals surface area contributed by atoms with Gasteiger partial charge in [0.1, 0.15) is 12.4 Å². The SMILES string of the molecule is CCCN(C1CCNCC1)S(=O)(=O)c1ccc(OCC(F)F)cc1.Cl. The van der Waals surface area contributed by atoms with Crippen LogP contribution in [-0.4, -0.2) is 51.4 Å². The highest BCUT2D eigenvalue weighted by Gasteiger charge is 2.31. The zero-order valence-electron chi connectivity index (χ0n) is 14.2. The van der Waals surface area contributed by atoms with E-state index < -0.39 is 23.1 Å². The van der Waals surface area contributed by atoms with Gasteiger partial charge in [-0.3, -0.25) is 0 Å². The normalized spacial score (nSPS) is 16.0. The van der Waals surface area contributed by atoms with Gasteiger partial charge in [-0.1, -0.05) is 6.92 Å². The van der Waals surface area contributed by atoms with Crippen LogP contribution in [0, 0.1) is 0 Å². The van der Waals surface area contributed by atoms with Crippen LogP contribution in [-0.2, 0) is 10.0 Å². The summed E-state index contributed by atoms with van der Waals surface area (Å²) in [5, 5.41) is 3.23. The molecule has 5 nitrogen and oxygen atoms in total. The summed E-state index contributed by atoms with van der Waals surface area (Å²) >= 11 is 0. The molecule has 0 aromatic heterocycles. The van der Waals surface area contributed by atoms with Crippen molar-refractivity contribution in [2.75, 3.05) is 26.2 Å². The van der Waals surface area contributed by atoms with Crippen LogP contribution < -0.4 is 10.1 Å². The second-order valence-electron chi connectivity index (χ2n) is 5.77. The lowest BCUT2D eigenvalue weighted by Gasteiger charge is -2.33. The zero-order valence-corrected chi connectivity index (χ0v) is 15.8. The van der Waals surface area contributed by atoms with Crippen LogP contribution in [0.25, 0.3) is 0 Å². The maximum absolute atomic E-state index is 12.9. The fourth-order valence-corrected chi connectivity index (χ4v) is 4.59. The first-order valence-electron chi connectivity index (χ1n) is 8.18. The molecule has 1 aromatic rings. The average Bonchev–Trinajstić information content (AvgIpc) is 2.59. The van der Waals surface area contributed by atoms with Crippen molar-refractivity contribution in [3.63, 3.8) is 0 Å². The standard InChI is InChI=1S/C16H24F2N2O3S.ClH/c1-2-11-20(13-7-9-19-10-8-13)24(21,22)15-5-3-14(4-6-15)23-12-16(17)18;/h3-6,13,16,19H,2,7-12H2,1H3;1H. The van der Waals surface area contributed by atoms with E-state index in [1.807, 2.05) is 6.92 Å². The topological polar surface area (TPSA) is 58.6 Å². The molecular weight excluding hydrogens is 374 g/mol. The van der Waals surface area contributed by atoms with Crippen molar-refractivity contribution >= 4 is 22.4 Å². The van der Waals surface area contributed by atoms with E-state index in [1.165, 1.54) is 24.3 Å². The number of halogens is 3. The Bertz CT molecular complexity index is 608. The monoisotopic (exact) mass is 398 g/mol. The molecule has 0 atom stereocenters. The van der Waals surface area contributed by atoms with Crippen molar-refractivity contribution < 1.29 is 21.9 Å². The van der Waals surface area contributed by atoms with Crippen molar-refractivity contribution in [2.45, 2.75) is 43.5 Å². The summed E-state index contributed by atoms with van der Waals surface area (Å²) in [6, 6.07) is 5.66. The predicted octanol–water partition coefficient (Wildman–Crippen LogP) is 2.91. The Morgan fingerprint density at radius 3 is 2.36 bits per heavy atom. The molecule has 1 aliphatic heterocycles. The number of ether oxygens (including phenoxy) is 1. The van der Waals surface area contributed by atoms with E-state index in [4.69, 9.17) is 4.74 Å². The summed E-state index contributed by atoms with van der Waals surface area (Å²) in [6.07, 6.45) is -0.254. The van der Waals surface area contributed by atoms with Gasteiger partial charge < -0.3 is 10.1 Å². The Morgan fingerprint density at radius 2 is 1.84 bits per heavy atom. The summed E-state index contributed by atoms with van der Waals surface area (Å²) in [4.78, 5) is 0.166. The van der Waals surface area contributed by atoms with E-state index in [-0.39, 0.29) is 29.1 Å². The number of sulfonamides is 1. The van der Waals surface area contributed by atoms with Crippen molar-refractivity contribution in [3.8, 4) is 5.75 Å². The minimum absolute atomic E-state index is 0. The van der Waals surface area contributed by atoms with E-state index in [1.54, 1.807) is 4.31 Å². The first kappa shape index (κ1) is 22.1. The van der Waals surface area contributed by atoms with Gasteiger partial charge in [-0.15, -0.1) is 12.4 Å². The van der Waals surface area contributed by atoms with E-state index >= 15 is 0 Å². The van der Waals surface area contributed by atoms with Gasteiger partial charge in [-0.25, -0.2) is 17.2 Å². The number of rotatable bonds is 8. The molecule has 0 bridgehead atoms. The number of piperidine rings is 1. The highest BCUT2D eigenvalue weighted by atomic mass is 35.5. The van der Waals surface area contributed by atoms with Gasteiger partial charge in [0.2, 0.25) is 10.0 Å². The third-order valence-electron chi connectivity index (χ3n) is 3.97. The molecular formula is C16H25ClF2N2O3S. The molecule has 1 aliphatic rings. The predicted molar refractivity (Wildman–Crippen MR) is 95.3 cm³/mol. The minimum atomic E-state index is -3.61. The Labute approximate surface area is 154 Å². The summed E-state index contributed by atoms with van der Waals surface area (Å²) < 4.78 is 56.7. The molecule has 1 fully saturated rings. The molecule has 1 saturated heterocycles. The van der Waals surface area contributed by atoms with Crippen LogP contribution in [0.4, 0.5) is 8.78 Å². The lowest BCUT2D eigenvalue weighted by molar-refractivity contribution is 0.0819. The fourth-order valence-electron chi connectivity index (χ4n) is 2.82. The van der Waals surface area contributed by atoms with Gasteiger partial charge in [-0.05, 0) is 56.6 Å². The van der Waals surface area contributed by atoms with Crippen molar-refractivity contribution in [1.29, 1.82) is 0 Å². The first-order valence-corrected chi connectivity index (χ1v) is 9.62. The van der Waals surface area contributed by atoms with Crippen LogP contribution >= 0.6 is 12.4 Å². The van der Waals surface area contributed by atoms with Crippen LogP contribution in [0.3, 0.4) is 0 Å². The summed E-state index contributed by atoms with van der Waals surface area (Å²) in [5.41, 5.74) is 0. The number of alkyl halides is 2. The number of hydrogen-bond acceptors (Lipinski definition) is 4. The van der Waals surface area contributed by atoms with Gasteiger partial charge in [-0.2, -0.15) is 4.31 Å². The highest BCUT2D eigenvalue weighted by Crippen LogP contribution is 2.24. The molecule has 0 aliphatic carbocycles. The van der Waals surface area contributed by atoms with Crippen LogP contribution in [0.15, 0.2) is 29.2 Å². The third kappa shape index (κ3) is 6.06. The molecule has 9 heteroatoms.